The molecule has 0 fully saturated rings. The van der Waals surface area contributed by atoms with Gasteiger partial charge in [-0.15, -0.1) is 12.4 Å². The van der Waals surface area contributed by atoms with Crippen LogP contribution in [-0.4, -0.2) is 15.9 Å². The van der Waals surface area contributed by atoms with Gasteiger partial charge in [-0.1, -0.05) is 78.9 Å². The van der Waals surface area contributed by atoms with Crippen LogP contribution in [0.3, 0.4) is 0 Å². The van der Waals surface area contributed by atoms with Crippen LogP contribution in [0.15, 0.2) is 97.2 Å². The number of fused-ring (bicyclic) bond motifs is 2. The summed E-state index contributed by atoms with van der Waals surface area (Å²) in [6.07, 6.45) is 3.84. The van der Waals surface area contributed by atoms with Crippen LogP contribution in [0.2, 0.25) is 0 Å². The van der Waals surface area contributed by atoms with E-state index in [9.17, 15) is 4.79 Å². The number of hydrogen-bond acceptors (Lipinski definition) is 5. The van der Waals surface area contributed by atoms with Gasteiger partial charge in [-0.3, -0.25) is 4.79 Å². The quantitative estimate of drug-likeness (QED) is 0.237. The van der Waals surface area contributed by atoms with Crippen molar-refractivity contribution >= 4 is 34.9 Å². The molecule has 1 amide bonds. The van der Waals surface area contributed by atoms with E-state index >= 15 is 0 Å². The minimum atomic E-state index is -0.345. The van der Waals surface area contributed by atoms with E-state index in [1.165, 1.54) is 11.1 Å². The van der Waals surface area contributed by atoms with Crippen molar-refractivity contribution in [3.63, 3.8) is 0 Å². The number of nitrogen functional groups attached to an aromatic ring is 1. The highest BCUT2D eigenvalue weighted by Crippen LogP contribution is 2.31. The number of nitrogens with two attached hydrogens (primary N) is 1. The summed E-state index contributed by atoms with van der Waals surface area (Å²) >= 11 is 0. The molecule has 4 N–H and O–H groups in total. The highest BCUT2D eigenvalue weighted by Gasteiger charge is 2.21. The number of rotatable bonds is 7. The van der Waals surface area contributed by atoms with E-state index in [4.69, 9.17) is 5.73 Å². The van der Waals surface area contributed by atoms with E-state index in [1.807, 2.05) is 30.3 Å². The first kappa shape index (κ1) is 26.4. The van der Waals surface area contributed by atoms with Crippen LogP contribution in [0.25, 0.3) is 22.0 Å². The Labute approximate surface area is 234 Å². The fraction of sp³-hybridized carbons (Fsp3) is 0.156. The molecule has 0 saturated carbocycles. The second-order valence-corrected chi connectivity index (χ2v) is 9.72. The number of carbonyl (C=O) groups is 1. The Morgan fingerprint density at radius 2 is 1.67 bits per heavy atom. The second kappa shape index (κ2) is 11.6. The molecular weight excluding hydrogens is 506 g/mol. The summed E-state index contributed by atoms with van der Waals surface area (Å²) in [5.74, 6) is -0.231. The number of carbonyl (C=O) groups excluding carboxylic acids is 1. The molecule has 1 atom stereocenters. The average Bonchev–Trinajstić information content (AvgIpc) is 3.38. The van der Waals surface area contributed by atoms with Crippen LogP contribution in [0.5, 0.6) is 0 Å². The summed E-state index contributed by atoms with van der Waals surface area (Å²) in [5.41, 5.74) is 12.7. The molecule has 4 aromatic carbocycles. The number of hydrogen-bond donors (Lipinski definition) is 3. The van der Waals surface area contributed by atoms with Gasteiger partial charge in [0, 0.05) is 24.7 Å². The maximum absolute atomic E-state index is 13.0. The first-order valence-corrected chi connectivity index (χ1v) is 12.9. The molecule has 6 nitrogen and oxygen atoms in total. The number of halogens is 1. The van der Waals surface area contributed by atoms with E-state index in [-0.39, 0.29) is 29.8 Å². The number of nitrogens with one attached hydrogen (secondary N) is 2. The molecule has 196 valence electrons. The third-order valence-electron chi connectivity index (χ3n) is 7.19. The lowest BCUT2D eigenvalue weighted by atomic mass is 10.1. The van der Waals surface area contributed by atoms with Crippen LogP contribution < -0.4 is 16.4 Å². The lowest BCUT2D eigenvalue weighted by Gasteiger charge is -2.15. The predicted molar refractivity (Wildman–Crippen MR) is 159 cm³/mol. The number of aryl methyl sites for hydroxylation is 1. The Morgan fingerprint density at radius 1 is 0.872 bits per heavy atom. The summed E-state index contributed by atoms with van der Waals surface area (Å²) in [6.45, 7) is 1.12. The van der Waals surface area contributed by atoms with Gasteiger partial charge in [-0.25, -0.2) is 9.97 Å². The monoisotopic (exact) mass is 535 g/mol. The molecule has 1 aromatic heterocycles. The maximum Gasteiger partial charge on any atom is 0.274 e. The predicted octanol–water partition coefficient (Wildman–Crippen LogP) is 6.01. The maximum atomic E-state index is 13.0. The molecule has 0 spiro atoms. The highest BCUT2D eigenvalue weighted by molar-refractivity contribution is 5.96. The summed E-state index contributed by atoms with van der Waals surface area (Å²) in [4.78, 5) is 21.9. The van der Waals surface area contributed by atoms with E-state index in [1.54, 1.807) is 6.20 Å². The van der Waals surface area contributed by atoms with Crippen LogP contribution >= 0.6 is 12.4 Å². The van der Waals surface area contributed by atoms with Crippen molar-refractivity contribution in [1.82, 2.24) is 20.6 Å². The van der Waals surface area contributed by atoms with Gasteiger partial charge in [-0.05, 0) is 58.0 Å². The van der Waals surface area contributed by atoms with Crippen molar-refractivity contribution in [3.05, 3.63) is 125 Å². The molecule has 1 aliphatic carbocycles. The average molecular weight is 536 g/mol. The molecule has 39 heavy (non-hydrogen) atoms. The van der Waals surface area contributed by atoms with Gasteiger partial charge in [-0.2, -0.15) is 0 Å². The Hall–Kier alpha value is -4.26. The zero-order chi connectivity index (χ0) is 25.9. The molecule has 6 rings (SSSR count). The van der Waals surface area contributed by atoms with Crippen LogP contribution in [0, 0.1) is 0 Å². The minimum Gasteiger partial charge on any atom is -0.382 e. The van der Waals surface area contributed by atoms with Gasteiger partial charge in [0.25, 0.3) is 5.91 Å². The van der Waals surface area contributed by atoms with Crippen molar-refractivity contribution in [2.24, 2.45) is 0 Å². The fourth-order valence-electron chi connectivity index (χ4n) is 5.17. The van der Waals surface area contributed by atoms with Crippen LogP contribution in [0.1, 0.15) is 45.2 Å². The van der Waals surface area contributed by atoms with Gasteiger partial charge >= 0.3 is 0 Å². The van der Waals surface area contributed by atoms with E-state index in [0.29, 0.717) is 18.3 Å². The Bertz CT molecular complexity index is 1640. The van der Waals surface area contributed by atoms with Crippen molar-refractivity contribution < 1.29 is 4.79 Å². The summed E-state index contributed by atoms with van der Waals surface area (Å²) < 4.78 is 0. The van der Waals surface area contributed by atoms with Crippen molar-refractivity contribution in [1.29, 1.82) is 0 Å². The van der Waals surface area contributed by atoms with Gasteiger partial charge in [0.1, 0.15) is 0 Å². The minimum absolute atomic E-state index is 0. The SMILES string of the molecule is Cl.Nc1ncc(-c2cccc(CN[C@H]3CCc4ccccc43)c2)nc1C(=O)NCc1ccc2ccccc2c1. The molecule has 0 bridgehead atoms. The number of nitrogens with zero attached hydrogens (tertiary/aromatic N) is 2. The lowest BCUT2D eigenvalue weighted by Crippen LogP contribution is -2.25. The Balaban J connectivity index is 0.00000308. The van der Waals surface area contributed by atoms with E-state index < -0.39 is 0 Å². The standard InChI is InChI=1S/C32H29N5O.ClH/c33-31-30(32(38)36-19-22-12-13-23-7-1-2-9-25(23)16-22)37-29(20-35-31)26-10-5-6-21(17-26)18-34-28-15-14-24-8-3-4-11-27(24)28;/h1-13,16-17,20,28,34H,14-15,18-19H2,(H2,33,35)(H,36,38);1H/t28-;/m0./s1. The number of anilines is 1. The lowest BCUT2D eigenvalue weighted by molar-refractivity contribution is 0.0946. The van der Waals surface area contributed by atoms with Gasteiger partial charge in [0.05, 0.1) is 11.9 Å². The van der Waals surface area contributed by atoms with Gasteiger partial charge in [0.2, 0.25) is 0 Å². The Kier molecular flexibility index (Phi) is 7.87. The summed E-state index contributed by atoms with van der Waals surface area (Å²) in [7, 11) is 0. The third kappa shape index (κ3) is 5.77. The zero-order valence-electron chi connectivity index (χ0n) is 21.4. The van der Waals surface area contributed by atoms with E-state index in [2.05, 4.69) is 81.3 Å². The molecule has 1 heterocycles. The molecule has 0 aliphatic heterocycles. The second-order valence-electron chi connectivity index (χ2n) is 9.72. The van der Waals surface area contributed by atoms with Gasteiger partial charge in [0.15, 0.2) is 11.5 Å². The fourth-order valence-corrected chi connectivity index (χ4v) is 5.17. The van der Waals surface area contributed by atoms with Crippen LogP contribution in [-0.2, 0) is 19.5 Å². The van der Waals surface area contributed by atoms with Crippen molar-refractivity contribution in [2.45, 2.75) is 32.0 Å². The molecule has 0 radical (unpaired) electrons. The number of benzene rings is 4. The van der Waals surface area contributed by atoms with Crippen LogP contribution in [0.4, 0.5) is 5.82 Å². The largest absolute Gasteiger partial charge is 0.382 e. The topological polar surface area (TPSA) is 92.9 Å². The smallest absolute Gasteiger partial charge is 0.274 e. The molecule has 0 saturated heterocycles. The normalized spacial score (nSPS) is 14.0. The molecular formula is C32H30ClN5O. The van der Waals surface area contributed by atoms with Crippen molar-refractivity contribution in [2.75, 3.05) is 5.73 Å². The Morgan fingerprint density at radius 3 is 2.56 bits per heavy atom. The molecule has 5 aromatic rings. The summed E-state index contributed by atoms with van der Waals surface area (Å²) in [5, 5.41) is 8.93. The van der Waals surface area contributed by atoms with E-state index in [0.717, 1.165) is 46.8 Å². The third-order valence-corrected chi connectivity index (χ3v) is 7.19. The molecule has 7 heteroatoms. The first-order valence-electron chi connectivity index (χ1n) is 12.9. The molecule has 1 aliphatic rings. The number of amides is 1. The molecule has 0 unspecified atom stereocenters. The number of aromatic nitrogens is 2. The van der Waals surface area contributed by atoms with Crippen molar-refractivity contribution in [3.8, 4) is 11.3 Å². The highest BCUT2D eigenvalue weighted by atomic mass is 35.5. The first-order chi connectivity index (χ1) is 18.6. The zero-order valence-corrected chi connectivity index (χ0v) is 22.2. The van der Waals surface area contributed by atoms with Gasteiger partial charge < -0.3 is 16.4 Å². The summed E-state index contributed by atoms with van der Waals surface area (Å²) in [6, 6.07) is 31.5.